The van der Waals surface area contributed by atoms with Crippen molar-refractivity contribution in [2.45, 2.75) is 24.5 Å². The van der Waals surface area contributed by atoms with E-state index in [1.807, 2.05) is 0 Å². The zero-order chi connectivity index (χ0) is 26.7. The van der Waals surface area contributed by atoms with Crippen LogP contribution in [0.3, 0.4) is 0 Å². The minimum Gasteiger partial charge on any atom is -0.543 e. The minimum absolute atomic E-state index is 0.0212. The van der Waals surface area contributed by atoms with Crippen molar-refractivity contribution < 1.29 is 38.6 Å². The number of nitrogens with two attached hydrogens (primary N) is 2. The zero-order valence-electron chi connectivity index (χ0n) is 19.3. The Balaban J connectivity index is 1.54. The van der Waals surface area contributed by atoms with Crippen molar-refractivity contribution in [2.24, 2.45) is 5.16 Å². The van der Waals surface area contributed by atoms with Gasteiger partial charge in [-0.3, -0.25) is 14.5 Å². The van der Waals surface area contributed by atoms with Crippen molar-refractivity contribution in [3.05, 3.63) is 42.0 Å². The van der Waals surface area contributed by atoms with E-state index in [9.17, 15) is 24.6 Å². The Morgan fingerprint density at radius 2 is 2.27 bits per heavy atom. The van der Waals surface area contributed by atoms with Gasteiger partial charge in [0.15, 0.2) is 18.6 Å². The Morgan fingerprint density at radius 3 is 2.92 bits per heavy atom. The standard InChI is InChI=1S/C20H23N9O7S/c1-2-7-35-25-12(15-24-20(22)36-26-15)16(31)23-13-17(32)29-14(19(33)34)10(9-37-18(13)29)8-27-4-3-11(21)28(27)5-6-30/h2-4,13,18,21,30H,1,5-9H2,(H4,22,23,24,26,31,33,34)/t13-,18-/m1/s1. The second-order valence-corrected chi connectivity index (χ2v) is 8.87. The van der Waals surface area contributed by atoms with Crippen LogP contribution < -0.4 is 26.6 Å². The third-order valence-corrected chi connectivity index (χ3v) is 6.77. The number of β-lactam (4-membered cyclic amide) rings is 1. The molecule has 0 bridgehead atoms. The number of aliphatic hydroxyl groups is 1. The molecule has 2 aromatic heterocycles. The molecule has 1 saturated heterocycles. The number of nitrogen functional groups attached to an aromatic ring is 2. The highest BCUT2D eigenvalue weighted by atomic mass is 32.2. The van der Waals surface area contributed by atoms with E-state index in [1.54, 1.807) is 21.6 Å². The molecule has 196 valence electrons. The number of aliphatic carboxylic acids is 1. The molecule has 1 fully saturated rings. The van der Waals surface area contributed by atoms with Gasteiger partial charge in [0.05, 0.1) is 24.3 Å². The lowest BCUT2D eigenvalue weighted by molar-refractivity contribution is -0.767. The Morgan fingerprint density at radius 1 is 1.49 bits per heavy atom. The van der Waals surface area contributed by atoms with Crippen molar-refractivity contribution in [3.8, 4) is 0 Å². The van der Waals surface area contributed by atoms with Crippen LogP contribution in [0.4, 0.5) is 11.8 Å². The maximum atomic E-state index is 13.0. The van der Waals surface area contributed by atoms with E-state index in [2.05, 4.69) is 31.7 Å². The van der Waals surface area contributed by atoms with Crippen molar-refractivity contribution in [3.63, 3.8) is 0 Å². The van der Waals surface area contributed by atoms with Crippen LogP contribution >= 0.6 is 11.8 Å². The van der Waals surface area contributed by atoms with Crippen LogP contribution in [-0.4, -0.2) is 78.7 Å². The molecule has 0 aliphatic carbocycles. The monoisotopic (exact) mass is 533 g/mol. The molecular formula is C20H23N9O7S. The number of hydrogen-bond donors (Lipinski definition) is 4. The fourth-order valence-corrected chi connectivity index (χ4v) is 5.17. The van der Waals surface area contributed by atoms with Crippen molar-refractivity contribution >= 4 is 47.1 Å². The first-order chi connectivity index (χ1) is 17.8. The number of hydrogen-bond acceptors (Lipinski definition) is 13. The van der Waals surface area contributed by atoms with E-state index in [4.69, 9.17) is 16.3 Å². The van der Waals surface area contributed by atoms with Crippen LogP contribution in [0.5, 0.6) is 0 Å². The van der Waals surface area contributed by atoms with Gasteiger partial charge in [-0.15, -0.1) is 21.1 Å². The summed E-state index contributed by atoms with van der Waals surface area (Å²) < 4.78 is 7.89. The van der Waals surface area contributed by atoms with Gasteiger partial charge in [0.1, 0.15) is 24.6 Å². The van der Waals surface area contributed by atoms with Gasteiger partial charge in [-0.1, -0.05) is 23.0 Å². The van der Waals surface area contributed by atoms with E-state index in [0.717, 1.165) is 4.90 Å². The van der Waals surface area contributed by atoms with E-state index in [0.29, 0.717) is 11.4 Å². The van der Waals surface area contributed by atoms with E-state index in [-0.39, 0.29) is 49.6 Å². The number of fused-ring (bicyclic) bond motifs is 1. The highest BCUT2D eigenvalue weighted by Crippen LogP contribution is 2.40. The van der Waals surface area contributed by atoms with Gasteiger partial charge >= 0.3 is 6.01 Å². The smallest absolute Gasteiger partial charge is 0.319 e. The molecule has 0 aromatic carbocycles. The van der Waals surface area contributed by atoms with Gasteiger partial charge in [0.2, 0.25) is 11.5 Å². The molecular weight excluding hydrogens is 510 g/mol. The number of amides is 2. The molecule has 0 unspecified atom stereocenters. The number of aliphatic hydroxyl groups excluding tert-OH is 1. The molecule has 4 heterocycles. The second kappa shape index (κ2) is 10.7. The fourth-order valence-electron chi connectivity index (χ4n) is 3.84. The Hall–Kier alpha value is -4.38. The van der Waals surface area contributed by atoms with Crippen LogP contribution in [0, 0.1) is 0 Å². The lowest BCUT2D eigenvalue weighted by atomic mass is 10.0. The average Bonchev–Trinajstić information content (AvgIpc) is 3.45. The first kappa shape index (κ1) is 25.7. The highest BCUT2D eigenvalue weighted by Gasteiger charge is 2.53. The molecule has 0 spiro atoms. The number of carbonyl (C=O) groups excluding carboxylic acids is 3. The zero-order valence-corrected chi connectivity index (χ0v) is 20.1. The summed E-state index contributed by atoms with van der Waals surface area (Å²) in [4.78, 5) is 47.8. The maximum Gasteiger partial charge on any atom is 0.319 e. The van der Waals surface area contributed by atoms with Gasteiger partial charge in [-0.05, 0) is 0 Å². The predicted molar refractivity (Wildman–Crippen MR) is 125 cm³/mol. The quantitative estimate of drug-likeness (QED) is 0.0546. The molecule has 0 radical (unpaired) electrons. The molecule has 2 amide bonds. The summed E-state index contributed by atoms with van der Waals surface area (Å²) in [6.07, 6.45) is 3.04. The summed E-state index contributed by atoms with van der Waals surface area (Å²) in [6, 6.07) is 0.237. The van der Waals surface area contributed by atoms with Gasteiger partial charge in [0, 0.05) is 11.3 Å². The lowest BCUT2D eigenvalue weighted by Crippen LogP contribution is -2.71. The number of oxime groups is 1. The third-order valence-electron chi connectivity index (χ3n) is 5.43. The molecule has 2 atom stereocenters. The highest BCUT2D eigenvalue weighted by molar-refractivity contribution is 8.00. The minimum atomic E-state index is -1.53. The van der Waals surface area contributed by atoms with Gasteiger partial charge in [-0.2, -0.15) is 4.98 Å². The third kappa shape index (κ3) is 4.98. The van der Waals surface area contributed by atoms with Gasteiger partial charge in [-0.25, -0.2) is 0 Å². The Kier molecular flexibility index (Phi) is 7.44. The topological polar surface area (TPSA) is 231 Å². The molecule has 17 heteroatoms. The average molecular weight is 534 g/mol. The first-order valence-electron chi connectivity index (χ1n) is 10.8. The van der Waals surface area contributed by atoms with Crippen LogP contribution in [0.1, 0.15) is 5.82 Å². The predicted octanol–water partition coefficient (Wildman–Crippen LogP) is -3.67. The van der Waals surface area contributed by atoms with Gasteiger partial charge < -0.3 is 41.2 Å². The fraction of sp³-hybridized carbons (Fsp3) is 0.350. The summed E-state index contributed by atoms with van der Waals surface area (Å²) in [5.41, 5.74) is 11.1. The number of thioether (sulfide) groups is 1. The van der Waals surface area contributed by atoms with E-state index >= 15 is 0 Å². The normalized spacial score (nSPS) is 19.3. The van der Waals surface area contributed by atoms with Crippen LogP contribution in [0.2, 0.25) is 0 Å². The molecule has 6 N–H and O–H groups in total. The van der Waals surface area contributed by atoms with E-state index < -0.39 is 34.9 Å². The van der Waals surface area contributed by atoms with Crippen molar-refractivity contribution in [2.75, 3.05) is 30.4 Å². The molecule has 2 aliphatic heterocycles. The lowest BCUT2D eigenvalue weighted by Gasteiger charge is -2.50. The number of rotatable bonds is 11. The van der Waals surface area contributed by atoms with Crippen LogP contribution in [0.15, 0.2) is 45.9 Å². The molecule has 2 aliphatic rings. The van der Waals surface area contributed by atoms with Crippen molar-refractivity contribution in [1.82, 2.24) is 25.0 Å². The number of carboxylic acids is 1. The summed E-state index contributed by atoms with van der Waals surface area (Å²) >= 11 is 1.26. The molecule has 16 nitrogen and oxygen atoms in total. The Labute approximate surface area is 213 Å². The summed E-state index contributed by atoms with van der Waals surface area (Å²) in [5, 5.41) is 30.4. The van der Waals surface area contributed by atoms with Crippen LogP contribution in [0.25, 0.3) is 0 Å². The maximum absolute atomic E-state index is 13.0. The Bertz CT molecular complexity index is 1300. The SMILES string of the molecule is C=CCON=C(C(=O)N[C@@H]1C(=O)N2C(C(=O)[O-])=C(C[n+]3ccc(N)n3CCO)CS[C@H]12)c1noc(N)n1. The number of carbonyl (C=O) groups is 3. The van der Waals surface area contributed by atoms with Gasteiger partial charge in [0.25, 0.3) is 11.8 Å². The first-order valence-corrected chi connectivity index (χ1v) is 11.9. The summed E-state index contributed by atoms with van der Waals surface area (Å²) in [6.45, 7) is 3.58. The molecule has 37 heavy (non-hydrogen) atoms. The number of nitrogens with zero attached hydrogens (tertiary/aromatic N) is 6. The second-order valence-electron chi connectivity index (χ2n) is 7.77. The molecule has 4 rings (SSSR count). The van der Waals surface area contributed by atoms with Crippen LogP contribution in [-0.2, 0) is 32.3 Å². The summed E-state index contributed by atoms with van der Waals surface area (Å²) in [7, 11) is 0. The molecule has 0 saturated carbocycles. The number of nitrogens with one attached hydrogen (secondary N) is 1. The number of carboxylic acid groups (broad SMARTS) is 1. The molecule has 2 aromatic rings. The van der Waals surface area contributed by atoms with Crippen molar-refractivity contribution in [1.29, 1.82) is 0 Å². The number of aromatic nitrogens is 4. The summed E-state index contributed by atoms with van der Waals surface area (Å²) in [5.74, 6) is -2.70. The van der Waals surface area contributed by atoms with E-state index in [1.165, 1.54) is 17.8 Å². The largest absolute Gasteiger partial charge is 0.543 e. The number of anilines is 2.